The number of fused-ring (bicyclic) bond motifs is 1. The van der Waals surface area contributed by atoms with Crippen molar-refractivity contribution in [3.8, 4) is 0 Å². The minimum atomic E-state index is -0.340. The summed E-state index contributed by atoms with van der Waals surface area (Å²) in [5.74, 6) is 0.253. The summed E-state index contributed by atoms with van der Waals surface area (Å²) < 4.78 is 1.64. The highest BCUT2D eigenvalue weighted by Gasteiger charge is 2.22. The number of carbonyl (C=O) groups excluding carboxylic acids is 1. The van der Waals surface area contributed by atoms with E-state index in [0.717, 1.165) is 30.5 Å². The fourth-order valence-corrected chi connectivity index (χ4v) is 3.09. The van der Waals surface area contributed by atoms with Crippen molar-refractivity contribution in [3.63, 3.8) is 0 Å². The zero-order chi connectivity index (χ0) is 15.7. The van der Waals surface area contributed by atoms with Crippen LogP contribution in [-0.2, 0) is 19.9 Å². The standard InChI is InChI=1S/C18H20N2O2/c1-12-8-9-16-13(10-12)11-15(18(22)20(16)2)17(21)19-14-6-4-3-5-7-14/h3-7,11-12H,8-10H2,1-2H3,(H,19,21). The van der Waals surface area contributed by atoms with E-state index in [2.05, 4.69) is 12.2 Å². The predicted octanol–water partition coefficient (Wildman–Crippen LogP) is 2.76. The molecule has 1 N–H and O–H groups in total. The normalized spacial score (nSPS) is 16.9. The van der Waals surface area contributed by atoms with E-state index < -0.39 is 0 Å². The van der Waals surface area contributed by atoms with Crippen molar-refractivity contribution in [2.24, 2.45) is 13.0 Å². The Balaban J connectivity index is 1.97. The number of hydrogen-bond donors (Lipinski definition) is 1. The average molecular weight is 296 g/mol. The zero-order valence-corrected chi connectivity index (χ0v) is 12.9. The van der Waals surface area contributed by atoms with Crippen LogP contribution in [0.4, 0.5) is 5.69 Å². The van der Waals surface area contributed by atoms with E-state index in [1.165, 1.54) is 0 Å². The van der Waals surface area contributed by atoms with Gasteiger partial charge in [-0.15, -0.1) is 0 Å². The highest BCUT2D eigenvalue weighted by molar-refractivity contribution is 6.04. The number of para-hydroxylation sites is 1. The molecule has 114 valence electrons. The highest BCUT2D eigenvalue weighted by atomic mass is 16.2. The first kappa shape index (κ1) is 14.6. The molecule has 1 aliphatic rings. The Hall–Kier alpha value is -2.36. The maximum atomic E-state index is 12.5. The quantitative estimate of drug-likeness (QED) is 0.926. The number of pyridine rings is 1. The Morgan fingerprint density at radius 3 is 2.73 bits per heavy atom. The molecule has 1 atom stereocenters. The van der Waals surface area contributed by atoms with E-state index in [0.29, 0.717) is 11.6 Å². The number of anilines is 1. The Morgan fingerprint density at radius 2 is 2.00 bits per heavy atom. The van der Waals surface area contributed by atoms with Crippen LogP contribution in [0.1, 0.15) is 35.0 Å². The topological polar surface area (TPSA) is 51.1 Å². The van der Waals surface area contributed by atoms with E-state index >= 15 is 0 Å². The Bertz CT molecular complexity index is 763. The summed E-state index contributed by atoms with van der Waals surface area (Å²) in [4.78, 5) is 24.9. The van der Waals surface area contributed by atoms with Crippen LogP contribution in [0.5, 0.6) is 0 Å². The molecule has 22 heavy (non-hydrogen) atoms. The SMILES string of the molecule is CC1CCc2c(cc(C(=O)Nc3ccccc3)c(=O)n2C)C1. The fourth-order valence-electron chi connectivity index (χ4n) is 3.09. The molecule has 1 amide bonds. The second-order valence-corrected chi connectivity index (χ2v) is 6.06. The van der Waals surface area contributed by atoms with Crippen molar-refractivity contribution >= 4 is 11.6 Å². The summed E-state index contributed by atoms with van der Waals surface area (Å²) in [7, 11) is 1.76. The van der Waals surface area contributed by atoms with Gasteiger partial charge in [0, 0.05) is 18.4 Å². The molecule has 1 aromatic carbocycles. The van der Waals surface area contributed by atoms with Crippen LogP contribution < -0.4 is 10.9 Å². The number of carbonyl (C=O) groups is 1. The van der Waals surface area contributed by atoms with Gasteiger partial charge in [-0.1, -0.05) is 25.1 Å². The number of benzene rings is 1. The van der Waals surface area contributed by atoms with Crippen molar-refractivity contribution in [3.05, 3.63) is 63.6 Å². The maximum Gasteiger partial charge on any atom is 0.263 e. The number of nitrogens with one attached hydrogen (secondary N) is 1. The van der Waals surface area contributed by atoms with Crippen LogP contribution in [0.3, 0.4) is 0 Å². The van der Waals surface area contributed by atoms with Crippen LogP contribution in [0.25, 0.3) is 0 Å². The molecule has 4 nitrogen and oxygen atoms in total. The summed E-state index contributed by atoms with van der Waals surface area (Å²) in [6.45, 7) is 2.21. The summed E-state index contributed by atoms with van der Waals surface area (Å²) in [6.07, 6.45) is 2.92. The van der Waals surface area contributed by atoms with Gasteiger partial charge in [-0.25, -0.2) is 0 Å². The molecule has 1 aromatic heterocycles. The Morgan fingerprint density at radius 1 is 1.27 bits per heavy atom. The minimum absolute atomic E-state index is 0.221. The van der Waals surface area contributed by atoms with Gasteiger partial charge in [-0.05, 0) is 48.9 Å². The molecule has 1 aliphatic carbocycles. The Labute approximate surface area is 129 Å². The first-order valence-corrected chi connectivity index (χ1v) is 7.64. The summed E-state index contributed by atoms with van der Waals surface area (Å²) in [6, 6.07) is 11.0. The molecule has 1 heterocycles. The molecule has 2 aromatic rings. The van der Waals surface area contributed by atoms with Gasteiger partial charge in [0.1, 0.15) is 5.56 Å². The smallest absolute Gasteiger partial charge is 0.263 e. The first-order valence-electron chi connectivity index (χ1n) is 7.64. The minimum Gasteiger partial charge on any atom is -0.322 e. The van der Waals surface area contributed by atoms with Crippen LogP contribution in [0, 0.1) is 5.92 Å². The van der Waals surface area contributed by atoms with E-state index in [1.54, 1.807) is 17.7 Å². The van der Waals surface area contributed by atoms with E-state index in [9.17, 15) is 9.59 Å². The second-order valence-electron chi connectivity index (χ2n) is 6.06. The van der Waals surface area contributed by atoms with Crippen molar-refractivity contribution < 1.29 is 4.79 Å². The summed E-state index contributed by atoms with van der Waals surface area (Å²) in [5, 5.41) is 2.79. The van der Waals surface area contributed by atoms with E-state index in [1.807, 2.05) is 30.3 Å². The zero-order valence-electron chi connectivity index (χ0n) is 12.9. The second kappa shape index (κ2) is 5.79. The lowest BCUT2D eigenvalue weighted by molar-refractivity contribution is 0.102. The highest BCUT2D eigenvalue weighted by Crippen LogP contribution is 2.24. The molecule has 1 unspecified atom stereocenters. The lowest BCUT2D eigenvalue weighted by atomic mass is 9.87. The lowest BCUT2D eigenvalue weighted by Crippen LogP contribution is -2.32. The molecule has 4 heteroatoms. The van der Waals surface area contributed by atoms with Gasteiger partial charge in [0.25, 0.3) is 11.5 Å². The summed E-state index contributed by atoms with van der Waals surface area (Å²) in [5.41, 5.74) is 2.89. The van der Waals surface area contributed by atoms with Crippen molar-refractivity contribution in [2.45, 2.75) is 26.2 Å². The van der Waals surface area contributed by atoms with Gasteiger partial charge in [-0.2, -0.15) is 0 Å². The van der Waals surface area contributed by atoms with Crippen molar-refractivity contribution in [2.75, 3.05) is 5.32 Å². The Kier molecular flexibility index (Phi) is 3.84. The average Bonchev–Trinajstić information content (AvgIpc) is 2.51. The summed E-state index contributed by atoms with van der Waals surface area (Å²) >= 11 is 0. The third-order valence-electron chi connectivity index (χ3n) is 4.35. The van der Waals surface area contributed by atoms with Gasteiger partial charge >= 0.3 is 0 Å². The van der Waals surface area contributed by atoms with Gasteiger partial charge in [0.15, 0.2) is 0 Å². The maximum absolute atomic E-state index is 12.5. The monoisotopic (exact) mass is 296 g/mol. The van der Waals surface area contributed by atoms with Gasteiger partial charge in [-0.3, -0.25) is 9.59 Å². The third-order valence-corrected chi connectivity index (χ3v) is 4.35. The molecule has 0 spiro atoms. The van der Waals surface area contributed by atoms with Crippen LogP contribution in [0.2, 0.25) is 0 Å². The molecule has 0 saturated heterocycles. The molecular weight excluding hydrogens is 276 g/mol. The molecular formula is C18H20N2O2. The number of hydrogen-bond acceptors (Lipinski definition) is 2. The number of aromatic nitrogens is 1. The van der Waals surface area contributed by atoms with Crippen LogP contribution in [-0.4, -0.2) is 10.5 Å². The largest absolute Gasteiger partial charge is 0.322 e. The lowest BCUT2D eigenvalue weighted by Gasteiger charge is -2.24. The molecule has 0 radical (unpaired) electrons. The van der Waals surface area contributed by atoms with Crippen molar-refractivity contribution in [1.29, 1.82) is 0 Å². The molecule has 3 rings (SSSR count). The predicted molar refractivity (Wildman–Crippen MR) is 87.3 cm³/mol. The molecule has 0 aliphatic heterocycles. The molecule has 0 saturated carbocycles. The number of rotatable bonds is 2. The first-order chi connectivity index (χ1) is 10.6. The van der Waals surface area contributed by atoms with E-state index in [4.69, 9.17) is 0 Å². The van der Waals surface area contributed by atoms with Crippen LogP contribution >= 0.6 is 0 Å². The molecule has 0 fully saturated rings. The van der Waals surface area contributed by atoms with Gasteiger partial charge in [0.05, 0.1) is 0 Å². The number of amides is 1. The molecule has 0 bridgehead atoms. The number of nitrogens with zero attached hydrogens (tertiary/aromatic N) is 1. The van der Waals surface area contributed by atoms with Gasteiger partial charge < -0.3 is 9.88 Å². The van der Waals surface area contributed by atoms with Crippen LogP contribution in [0.15, 0.2) is 41.2 Å². The fraction of sp³-hybridized carbons (Fsp3) is 0.333. The van der Waals surface area contributed by atoms with Crippen molar-refractivity contribution in [1.82, 2.24) is 4.57 Å². The third kappa shape index (κ3) is 2.69. The van der Waals surface area contributed by atoms with E-state index in [-0.39, 0.29) is 17.0 Å². The van der Waals surface area contributed by atoms with Gasteiger partial charge in [0.2, 0.25) is 0 Å².